The van der Waals surface area contributed by atoms with Crippen molar-refractivity contribution in [3.05, 3.63) is 42.5 Å². The summed E-state index contributed by atoms with van der Waals surface area (Å²) in [4.78, 5) is 0.0873. The van der Waals surface area contributed by atoms with Crippen LogP contribution in [0.3, 0.4) is 0 Å². The van der Waals surface area contributed by atoms with Crippen LogP contribution in [-0.2, 0) is 10.0 Å². The van der Waals surface area contributed by atoms with Gasteiger partial charge in [-0.2, -0.15) is 0 Å². The van der Waals surface area contributed by atoms with E-state index in [1.54, 1.807) is 12.1 Å². The number of fused-ring (bicyclic) bond motifs is 1. The highest BCUT2D eigenvalue weighted by Gasteiger charge is 2.46. The van der Waals surface area contributed by atoms with Crippen LogP contribution in [-0.4, -0.2) is 31.3 Å². The van der Waals surface area contributed by atoms with Gasteiger partial charge in [0.05, 0.1) is 10.4 Å². The van der Waals surface area contributed by atoms with Crippen LogP contribution < -0.4 is 10.5 Å². The molecule has 1 aromatic carbocycles. The molecule has 0 saturated heterocycles. The first-order valence-electron chi connectivity index (χ1n) is 9.99. The van der Waals surface area contributed by atoms with Crippen molar-refractivity contribution in [1.82, 2.24) is 14.8 Å². The molecule has 0 fully saturated rings. The van der Waals surface area contributed by atoms with Gasteiger partial charge in [-0.1, -0.05) is 65.0 Å². The van der Waals surface area contributed by atoms with Crippen LogP contribution in [0.15, 0.2) is 47.4 Å². The summed E-state index contributed by atoms with van der Waals surface area (Å²) in [6, 6.07) is 12.8. The first kappa shape index (κ1) is 21.7. The van der Waals surface area contributed by atoms with Gasteiger partial charge in [-0.3, -0.25) is 0 Å². The first-order chi connectivity index (χ1) is 13.5. The molecule has 2 N–H and O–H groups in total. The summed E-state index contributed by atoms with van der Waals surface area (Å²) >= 11 is 0. The topological polar surface area (TPSA) is 90.4 Å². The highest BCUT2D eigenvalue weighted by Crippen LogP contribution is 2.41. The van der Waals surface area contributed by atoms with Gasteiger partial charge in [0.25, 0.3) is 0 Å². The van der Waals surface area contributed by atoms with Gasteiger partial charge in [0.15, 0.2) is 0 Å². The Bertz CT molecular complexity index is 1100. The monoisotopic (exact) mass is 430 g/mol. The molecule has 0 radical (unpaired) electrons. The van der Waals surface area contributed by atoms with Gasteiger partial charge in [-0.05, 0) is 40.9 Å². The number of pyridine rings is 1. The zero-order valence-corrected chi connectivity index (χ0v) is 19.7. The molecule has 0 amide bonds. The lowest BCUT2D eigenvalue weighted by Crippen LogP contribution is -2.58. The minimum absolute atomic E-state index is 0.0873. The minimum Gasteiger partial charge on any atom is -0.225 e. The second kappa shape index (κ2) is 7.66. The maximum Gasteiger partial charge on any atom is 0.238 e. The molecule has 0 bridgehead atoms. The largest absolute Gasteiger partial charge is 0.238 e. The normalized spacial score (nSPS) is 13.2. The van der Waals surface area contributed by atoms with E-state index in [4.69, 9.17) is 5.14 Å². The van der Waals surface area contributed by atoms with Crippen molar-refractivity contribution in [3.8, 4) is 11.3 Å². The van der Waals surface area contributed by atoms with Crippen LogP contribution >= 0.6 is 0 Å². The molecule has 3 aromatic rings. The summed E-state index contributed by atoms with van der Waals surface area (Å²) in [7, 11) is -5.65. The molecular weight excluding hydrogens is 400 g/mol. The quantitative estimate of drug-likeness (QED) is 0.600. The van der Waals surface area contributed by atoms with E-state index in [1.165, 1.54) is 17.4 Å². The average molecular weight is 431 g/mol. The van der Waals surface area contributed by atoms with Gasteiger partial charge < -0.3 is 0 Å². The molecule has 0 unspecified atom stereocenters. The van der Waals surface area contributed by atoms with Crippen LogP contribution in [0.4, 0.5) is 0 Å². The number of rotatable bonds is 6. The van der Waals surface area contributed by atoms with Crippen molar-refractivity contribution >= 4 is 28.9 Å². The van der Waals surface area contributed by atoms with Gasteiger partial charge in [-0.25, -0.2) is 18.1 Å². The van der Waals surface area contributed by atoms with Crippen LogP contribution in [0.2, 0.25) is 16.6 Å². The Morgan fingerprint density at radius 3 is 1.93 bits per heavy atom. The predicted octanol–water partition coefficient (Wildman–Crippen LogP) is 3.93. The molecule has 156 valence electrons. The minimum atomic E-state index is -3.72. The molecule has 0 spiro atoms. The van der Waals surface area contributed by atoms with E-state index in [1.807, 2.05) is 10.6 Å². The number of nitrogens with zero attached hydrogens (tertiary/aromatic N) is 3. The number of aromatic nitrogens is 3. The van der Waals surface area contributed by atoms with Gasteiger partial charge in [0.1, 0.15) is 13.8 Å². The zero-order valence-electron chi connectivity index (χ0n) is 17.9. The van der Waals surface area contributed by atoms with E-state index in [0.717, 1.165) is 16.8 Å². The molecule has 2 aromatic heterocycles. The molecule has 2 heterocycles. The number of sulfonamides is 1. The van der Waals surface area contributed by atoms with E-state index >= 15 is 0 Å². The number of nitrogens with two attached hydrogens (primary N) is 1. The van der Waals surface area contributed by atoms with E-state index in [9.17, 15) is 8.42 Å². The van der Waals surface area contributed by atoms with Crippen LogP contribution in [0, 0.1) is 0 Å². The van der Waals surface area contributed by atoms with Crippen molar-refractivity contribution in [1.29, 1.82) is 0 Å². The number of benzene rings is 1. The lowest BCUT2D eigenvalue weighted by Gasteiger charge is -2.43. The molecule has 3 rings (SSSR count). The highest BCUT2D eigenvalue weighted by molar-refractivity contribution is 7.89. The molecule has 6 nitrogen and oxygen atoms in total. The Balaban J connectivity index is 2.22. The molecule has 29 heavy (non-hydrogen) atoms. The maximum atomic E-state index is 11.5. The fourth-order valence-corrected chi connectivity index (χ4v) is 12.3. The summed E-state index contributed by atoms with van der Waals surface area (Å²) in [6.45, 7) is 14.0. The Hall–Kier alpha value is -2.03. The number of primary sulfonamides is 1. The maximum absolute atomic E-state index is 11.5. The predicted molar refractivity (Wildman–Crippen MR) is 120 cm³/mol. The fraction of sp³-hybridized carbons (Fsp3) is 0.429. The second-order valence-electron chi connectivity index (χ2n) is 8.61. The molecule has 0 saturated carbocycles. The molecule has 0 atom stereocenters. The molecule has 8 heteroatoms. The van der Waals surface area contributed by atoms with Crippen molar-refractivity contribution in [2.24, 2.45) is 5.14 Å². The Kier molecular flexibility index (Phi) is 5.72. The van der Waals surface area contributed by atoms with Crippen molar-refractivity contribution in [2.75, 3.05) is 0 Å². The Labute approximate surface area is 174 Å². The third-order valence-electron chi connectivity index (χ3n) is 6.21. The highest BCUT2D eigenvalue weighted by atomic mass is 32.2. The van der Waals surface area contributed by atoms with Crippen molar-refractivity contribution in [3.63, 3.8) is 0 Å². The third kappa shape index (κ3) is 3.53. The summed E-state index contributed by atoms with van der Waals surface area (Å²) in [6.07, 6.45) is 0. The van der Waals surface area contributed by atoms with Crippen molar-refractivity contribution < 1.29 is 8.42 Å². The van der Waals surface area contributed by atoms with E-state index in [-0.39, 0.29) is 4.90 Å². The lowest BCUT2D eigenvalue weighted by atomic mass is 10.1. The van der Waals surface area contributed by atoms with Crippen LogP contribution in [0.25, 0.3) is 16.8 Å². The average Bonchev–Trinajstić information content (AvgIpc) is 3.05. The fourth-order valence-electron chi connectivity index (χ4n) is 5.14. The van der Waals surface area contributed by atoms with E-state index < -0.39 is 18.1 Å². The molecule has 0 aliphatic rings. The summed E-state index contributed by atoms with van der Waals surface area (Å²) < 4.78 is 25.1. The van der Waals surface area contributed by atoms with Gasteiger partial charge >= 0.3 is 0 Å². The summed E-state index contributed by atoms with van der Waals surface area (Å²) in [5.41, 5.74) is 4.14. The SMILES string of the molecule is CC(C)[Si](c1cccc2c(-c3ccc(S(N)(=O)=O)cc3)nnn12)(C(C)C)C(C)C. The van der Waals surface area contributed by atoms with Gasteiger partial charge in [0, 0.05) is 10.9 Å². The molecular formula is C21H30N4O2SSi. The number of hydrogen-bond acceptors (Lipinski definition) is 4. The third-order valence-corrected chi connectivity index (χ3v) is 14.1. The standard InChI is InChI=1S/C21H30N4O2SSi/c1-14(2)29(15(3)4,16(5)6)20-9-7-8-19-21(23-24-25(19)20)17-10-12-18(13-11-17)28(22,26)27/h7-16H,1-6H3,(H2,22,26,27). The molecule has 0 aliphatic carbocycles. The van der Waals surface area contributed by atoms with E-state index in [2.05, 4.69) is 64.0 Å². The summed E-state index contributed by atoms with van der Waals surface area (Å²) in [5, 5.41) is 15.5. The Morgan fingerprint density at radius 1 is 0.897 bits per heavy atom. The van der Waals surface area contributed by atoms with Crippen molar-refractivity contribution in [2.45, 2.75) is 63.1 Å². The van der Waals surface area contributed by atoms with Crippen LogP contribution in [0.5, 0.6) is 0 Å². The van der Waals surface area contributed by atoms with E-state index in [0.29, 0.717) is 16.6 Å². The second-order valence-corrected chi connectivity index (χ2v) is 16.0. The van der Waals surface area contributed by atoms with Crippen LogP contribution in [0.1, 0.15) is 41.5 Å². The number of hydrogen-bond donors (Lipinski definition) is 1. The first-order valence-corrected chi connectivity index (χ1v) is 13.8. The Morgan fingerprint density at radius 2 is 1.45 bits per heavy atom. The van der Waals surface area contributed by atoms with Gasteiger partial charge in [0.2, 0.25) is 10.0 Å². The zero-order chi connectivity index (χ0) is 21.6. The molecule has 0 aliphatic heterocycles. The lowest BCUT2D eigenvalue weighted by molar-refractivity contribution is 0.598. The smallest absolute Gasteiger partial charge is 0.225 e. The van der Waals surface area contributed by atoms with Gasteiger partial charge in [-0.15, -0.1) is 5.10 Å². The summed E-state index contributed by atoms with van der Waals surface area (Å²) in [5.74, 6) is 0.